The first-order valence-corrected chi connectivity index (χ1v) is 22.2. The molecule has 3 unspecified atom stereocenters. The van der Waals surface area contributed by atoms with Gasteiger partial charge in [-0.25, -0.2) is 0 Å². The van der Waals surface area contributed by atoms with Crippen molar-refractivity contribution >= 4 is 36.9 Å². The summed E-state index contributed by atoms with van der Waals surface area (Å²) in [5.41, 5.74) is 0. The van der Waals surface area contributed by atoms with Crippen LogP contribution in [0, 0.1) is 5.92 Å². The van der Waals surface area contributed by atoms with Crippen LogP contribution in [0.25, 0.3) is 0 Å². The van der Waals surface area contributed by atoms with Crippen molar-refractivity contribution in [3.63, 3.8) is 0 Å². The zero-order valence-electron chi connectivity index (χ0n) is 22.5. The van der Waals surface area contributed by atoms with Gasteiger partial charge in [0.05, 0.1) is 44.2 Å². The Morgan fingerprint density at radius 3 is 1.58 bits per heavy atom. The highest BCUT2D eigenvalue weighted by Crippen LogP contribution is 2.33. The van der Waals surface area contributed by atoms with E-state index in [1.54, 1.807) is 13.8 Å². The van der Waals surface area contributed by atoms with Gasteiger partial charge >= 0.3 is 11.9 Å². The van der Waals surface area contributed by atoms with Crippen LogP contribution >= 0.6 is 0 Å². The number of hydrogen-bond acceptors (Lipinski definition) is 8. The molecule has 1 aliphatic rings. The van der Waals surface area contributed by atoms with Crippen molar-refractivity contribution in [2.45, 2.75) is 104 Å². The zero-order valence-corrected chi connectivity index (χ0v) is 25.5. The smallest absolute Gasteiger partial charge is 0.320 e. The largest absolute Gasteiger partial charge is 0.465 e. The van der Waals surface area contributed by atoms with Crippen LogP contribution in [0.1, 0.15) is 20.3 Å². The third-order valence-electron chi connectivity index (χ3n) is 4.63. The number of rotatable bonds is 12. The third-order valence-corrected chi connectivity index (χ3v) is 7.59. The Morgan fingerprint density at radius 1 is 0.758 bits per heavy atom. The average Bonchev–Trinajstić information content (AvgIpc) is 2.60. The molecule has 0 aliphatic carbocycles. The summed E-state index contributed by atoms with van der Waals surface area (Å²) in [6, 6.07) is 0. The second-order valence-electron chi connectivity index (χ2n) is 11.3. The van der Waals surface area contributed by atoms with Crippen molar-refractivity contribution in [1.29, 1.82) is 0 Å². The van der Waals surface area contributed by atoms with E-state index in [2.05, 4.69) is 58.9 Å². The highest BCUT2D eigenvalue weighted by Gasteiger charge is 2.49. The van der Waals surface area contributed by atoms with E-state index >= 15 is 0 Å². The van der Waals surface area contributed by atoms with E-state index in [1.165, 1.54) is 0 Å². The summed E-state index contributed by atoms with van der Waals surface area (Å²) in [5, 5.41) is 0. The van der Waals surface area contributed by atoms with Gasteiger partial charge in [-0.15, -0.1) is 0 Å². The minimum atomic E-state index is -2.05. The summed E-state index contributed by atoms with van der Waals surface area (Å²) in [4.78, 5) is 25.3. The minimum Gasteiger partial charge on any atom is -0.465 e. The van der Waals surface area contributed by atoms with Gasteiger partial charge < -0.3 is 27.5 Å². The Hall–Kier alpha value is -0.569. The molecule has 1 saturated heterocycles. The van der Waals surface area contributed by atoms with E-state index in [0.717, 1.165) is 0 Å². The van der Waals surface area contributed by atoms with Gasteiger partial charge in [0.15, 0.2) is 30.9 Å². The van der Waals surface area contributed by atoms with Crippen LogP contribution in [-0.2, 0) is 37.1 Å². The van der Waals surface area contributed by atoms with Crippen LogP contribution in [0.5, 0.6) is 0 Å². The van der Waals surface area contributed by atoms with Gasteiger partial charge in [-0.1, -0.05) is 0 Å². The molecule has 0 radical (unpaired) electrons. The van der Waals surface area contributed by atoms with E-state index < -0.39 is 55.0 Å². The normalized spacial score (nSPS) is 24.6. The summed E-state index contributed by atoms with van der Waals surface area (Å²) in [6.45, 7) is 23.2. The number of carbonyl (C=O) groups excluding carboxylic acids is 2. The Balaban J connectivity index is 3.35. The molecule has 0 aromatic heterocycles. The van der Waals surface area contributed by atoms with Gasteiger partial charge in [-0.2, -0.15) is 0 Å². The zero-order chi connectivity index (χ0) is 25.6. The molecule has 1 rings (SSSR count). The fraction of sp³-hybridized carbons (Fsp3) is 0.909. The van der Waals surface area contributed by atoms with E-state index in [9.17, 15) is 9.59 Å². The second kappa shape index (κ2) is 12.4. The lowest BCUT2D eigenvalue weighted by Crippen LogP contribution is -2.62. The van der Waals surface area contributed by atoms with E-state index in [-0.39, 0.29) is 31.8 Å². The molecule has 1 heterocycles. The molecule has 0 N–H and O–H groups in total. The van der Waals surface area contributed by atoms with E-state index in [4.69, 9.17) is 27.5 Å². The van der Waals surface area contributed by atoms with Crippen LogP contribution in [0.15, 0.2) is 0 Å². The number of esters is 2. The highest BCUT2D eigenvalue weighted by atomic mass is 28.4. The molecule has 0 spiro atoms. The van der Waals surface area contributed by atoms with Crippen molar-refractivity contribution < 1.29 is 37.1 Å². The molecule has 33 heavy (non-hydrogen) atoms. The molecular weight excluding hydrogens is 476 g/mol. The summed E-state index contributed by atoms with van der Waals surface area (Å²) in [7, 11) is -5.93. The predicted octanol–water partition coefficient (Wildman–Crippen LogP) is 4.18. The maximum absolute atomic E-state index is 12.6. The van der Waals surface area contributed by atoms with Crippen molar-refractivity contribution in [1.82, 2.24) is 0 Å². The highest BCUT2D eigenvalue weighted by molar-refractivity contribution is 6.70. The monoisotopic (exact) mass is 522 g/mol. The molecule has 4 atom stereocenters. The van der Waals surface area contributed by atoms with Crippen molar-refractivity contribution in [3.8, 4) is 0 Å². The van der Waals surface area contributed by atoms with Crippen LogP contribution in [-0.4, -0.2) is 81.1 Å². The Morgan fingerprint density at radius 2 is 1.18 bits per heavy atom. The summed E-state index contributed by atoms with van der Waals surface area (Å²) < 4.78 is 36.3. The molecular formula is C22H46O8Si3. The Kier molecular flexibility index (Phi) is 11.5. The van der Waals surface area contributed by atoms with Gasteiger partial charge in [0.1, 0.15) is 0 Å². The maximum atomic E-state index is 12.6. The lowest BCUT2D eigenvalue weighted by Gasteiger charge is -2.48. The minimum absolute atomic E-state index is 0.109. The second-order valence-corrected chi connectivity index (χ2v) is 24.7. The Bertz CT molecular complexity index is 621. The first kappa shape index (κ1) is 30.5. The molecule has 0 aromatic carbocycles. The van der Waals surface area contributed by atoms with Gasteiger partial charge in [0, 0.05) is 6.42 Å². The number of ether oxygens (including phenoxy) is 3. The molecule has 0 bridgehead atoms. The van der Waals surface area contributed by atoms with E-state index in [0.29, 0.717) is 6.61 Å². The SMILES string of the molecule is CCOC(=O)C(C[C@H]1OCC(O[Si](C)(C)C)C(O[Si](C)(C)C)C1O[Si](C)(C)C)C(=O)OCC. The van der Waals surface area contributed by atoms with E-state index in [1.807, 2.05) is 0 Å². The van der Waals surface area contributed by atoms with Crippen molar-refractivity contribution in [2.24, 2.45) is 5.92 Å². The lowest BCUT2D eigenvalue weighted by molar-refractivity contribution is -0.183. The average molecular weight is 523 g/mol. The molecule has 0 aromatic rings. The fourth-order valence-electron chi connectivity index (χ4n) is 3.70. The topological polar surface area (TPSA) is 89.5 Å². The van der Waals surface area contributed by atoms with Gasteiger partial charge in [0.2, 0.25) is 0 Å². The van der Waals surface area contributed by atoms with Crippen LogP contribution in [0.4, 0.5) is 0 Å². The quantitative estimate of drug-likeness (QED) is 0.214. The van der Waals surface area contributed by atoms with Crippen LogP contribution in [0.2, 0.25) is 58.9 Å². The molecule has 194 valence electrons. The first-order valence-electron chi connectivity index (χ1n) is 12.0. The number of hydrogen-bond donors (Lipinski definition) is 0. The number of carbonyl (C=O) groups is 2. The van der Waals surface area contributed by atoms with Gasteiger partial charge in [-0.05, 0) is 72.8 Å². The third kappa shape index (κ3) is 11.1. The van der Waals surface area contributed by atoms with Crippen molar-refractivity contribution in [3.05, 3.63) is 0 Å². The van der Waals surface area contributed by atoms with Gasteiger partial charge in [0.25, 0.3) is 0 Å². The standard InChI is InChI=1S/C22H46O8Si3/c1-12-25-21(23)16(22(24)26-13-2)14-17-19(29-32(6,7)8)20(30-33(9,10)11)18(15-27-17)28-31(3,4)5/h16-20H,12-15H2,1-11H3/t17-,18?,19?,20?/m1/s1. The Labute approximate surface area is 203 Å². The first-order chi connectivity index (χ1) is 15.0. The van der Waals surface area contributed by atoms with Crippen molar-refractivity contribution in [2.75, 3.05) is 19.8 Å². The molecule has 1 aliphatic heterocycles. The molecule has 11 heteroatoms. The molecule has 0 saturated carbocycles. The maximum Gasteiger partial charge on any atom is 0.320 e. The fourth-order valence-corrected chi connectivity index (χ4v) is 7.01. The molecule has 0 amide bonds. The predicted molar refractivity (Wildman–Crippen MR) is 136 cm³/mol. The van der Waals surface area contributed by atoms with Gasteiger partial charge in [-0.3, -0.25) is 9.59 Å². The molecule has 1 fully saturated rings. The van der Waals surface area contributed by atoms with Crippen LogP contribution < -0.4 is 0 Å². The summed E-state index contributed by atoms with van der Waals surface area (Å²) in [6.07, 6.45) is -1.51. The lowest BCUT2D eigenvalue weighted by atomic mass is 9.92. The molecule has 8 nitrogen and oxygen atoms in total. The van der Waals surface area contributed by atoms with Crippen LogP contribution in [0.3, 0.4) is 0 Å². The summed E-state index contributed by atoms with van der Waals surface area (Å²) in [5.74, 6) is -2.28. The summed E-state index contributed by atoms with van der Waals surface area (Å²) >= 11 is 0.